The molecule has 1 N–H and O–H groups in total. The van der Waals surface area contributed by atoms with Gasteiger partial charge in [-0.2, -0.15) is 0 Å². The molecule has 0 radical (unpaired) electrons. The van der Waals surface area contributed by atoms with E-state index in [4.69, 9.17) is 11.6 Å². The van der Waals surface area contributed by atoms with Gasteiger partial charge in [-0.1, -0.05) is 24.1 Å². The van der Waals surface area contributed by atoms with Crippen LogP contribution in [0.15, 0.2) is 18.2 Å². The van der Waals surface area contributed by atoms with E-state index in [1.807, 2.05) is 0 Å². The number of aliphatic hydroxyl groups excluding tert-OH is 1. The molecule has 0 saturated heterocycles. The summed E-state index contributed by atoms with van der Waals surface area (Å²) in [5.74, 6) is 1.39. The molecule has 1 aromatic rings. The number of fused-ring (bicyclic) bond motifs is 2. The molecule has 4 unspecified atom stereocenters. The molecule has 92 valence electrons. The van der Waals surface area contributed by atoms with E-state index in [2.05, 4.69) is 0 Å². The van der Waals surface area contributed by atoms with Gasteiger partial charge in [0.25, 0.3) is 0 Å². The first-order valence-electron chi connectivity index (χ1n) is 6.28. The topological polar surface area (TPSA) is 20.2 Å². The maximum atomic E-state index is 13.0. The highest BCUT2D eigenvalue weighted by atomic mass is 35.5. The van der Waals surface area contributed by atoms with Gasteiger partial charge in [0.1, 0.15) is 5.82 Å². The Bertz CT molecular complexity index is 434. The molecule has 3 heteroatoms. The van der Waals surface area contributed by atoms with Crippen molar-refractivity contribution in [1.82, 2.24) is 0 Å². The molecule has 0 spiro atoms. The average molecular weight is 255 g/mol. The van der Waals surface area contributed by atoms with Crippen molar-refractivity contribution in [3.8, 4) is 0 Å². The van der Waals surface area contributed by atoms with Gasteiger partial charge in [0, 0.05) is 5.02 Å². The van der Waals surface area contributed by atoms with Crippen molar-refractivity contribution in [3.63, 3.8) is 0 Å². The van der Waals surface area contributed by atoms with Crippen LogP contribution in [0, 0.1) is 23.6 Å². The summed E-state index contributed by atoms with van der Waals surface area (Å²) in [5.41, 5.74) is 0.686. The molecule has 17 heavy (non-hydrogen) atoms. The zero-order chi connectivity index (χ0) is 12.0. The quantitative estimate of drug-likeness (QED) is 0.847. The predicted octanol–water partition coefficient (Wildman–Crippen LogP) is 3.95. The van der Waals surface area contributed by atoms with Crippen molar-refractivity contribution < 1.29 is 9.50 Å². The van der Waals surface area contributed by atoms with Crippen molar-refractivity contribution in [2.45, 2.75) is 31.8 Å². The van der Waals surface area contributed by atoms with Gasteiger partial charge in [-0.25, -0.2) is 4.39 Å². The van der Waals surface area contributed by atoms with Crippen LogP contribution in [0.5, 0.6) is 0 Å². The first-order chi connectivity index (χ1) is 8.15. The van der Waals surface area contributed by atoms with Gasteiger partial charge in [-0.05, 0) is 54.7 Å². The van der Waals surface area contributed by atoms with Crippen LogP contribution in [0.25, 0.3) is 0 Å². The fraction of sp³-hybridized carbons (Fsp3) is 0.571. The smallest absolute Gasteiger partial charge is 0.124 e. The van der Waals surface area contributed by atoms with Gasteiger partial charge in [0.15, 0.2) is 0 Å². The summed E-state index contributed by atoms with van der Waals surface area (Å²) >= 11 is 6.00. The Balaban J connectivity index is 1.84. The molecule has 0 aromatic heterocycles. The van der Waals surface area contributed by atoms with Gasteiger partial charge in [-0.3, -0.25) is 0 Å². The Morgan fingerprint density at radius 2 is 2.12 bits per heavy atom. The number of halogens is 2. The highest BCUT2D eigenvalue weighted by Crippen LogP contribution is 2.53. The lowest BCUT2D eigenvalue weighted by atomic mass is 9.82. The summed E-state index contributed by atoms with van der Waals surface area (Å²) < 4.78 is 13.0. The Morgan fingerprint density at radius 3 is 2.71 bits per heavy atom. The lowest BCUT2D eigenvalue weighted by molar-refractivity contribution is 0.0745. The Morgan fingerprint density at radius 1 is 1.29 bits per heavy atom. The Hall–Kier alpha value is -0.600. The maximum absolute atomic E-state index is 13.0. The molecule has 1 aromatic carbocycles. The first-order valence-corrected chi connectivity index (χ1v) is 6.66. The molecule has 2 aliphatic rings. The molecule has 0 heterocycles. The van der Waals surface area contributed by atoms with Gasteiger partial charge >= 0.3 is 0 Å². The number of hydrogen-bond donors (Lipinski definition) is 1. The highest BCUT2D eigenvalue weighted by Gasteiger charge is 2.43. The lowest BCUT2D eigenvalue weighted by Gasteiger charge is -2.27. The van der Waals surface area contributed by atoms with Crippen LogP contribution in [0.2, 0.25) is 5.02 Å². The summed E-state index contributed by atoms with van der Waals surface area (Å²) in [5, 5.41) is 10.8. The third-order valence-corrected chi connectivity index (χ3v) is 4.81. The fourth-order valence-corrected chi connectivity index (χ4v) is 3.93. The first kappa shape index (κ1) is 11.5. The van der Waals surface area contributed by atoms with E-state index >= 15 is 0 Å². The summed E-state index contributed by atoms with van der Waals surface area (Å²) in [4.78, 5) is 0. The summed E-state index contributed by atoms with van der Waals surface area (Å²) in [6.45, 7) is 0. The second-order valence-corrected chi connectivity index (χ2v) is 5.86. The molecule has 0 aliphatic heterocycles. The minimum Gasteiger partial charge on any atom is -0.388 e. The third-order valence-electron chi connectivity index (χ3n) is 4.48. The van der Waals surface area contributed by atoms with Crippen molar-refractivity contribution in [2.75, 3.05) is 0 Å². The third kappa shape index (κ3) is 1.98. The van der Waals surface area contributed by atoms with Crippen LogP contribution in [0.3, 0.4) is 0 Å². The zero-order valence-electron chi connectivity index (χ0n) is 9.57. The van der Waals surface area contributed by atoms with E-state index in [1.165, 1.54) is 31.4 Å². The van der Waals surface area contributed by atoms with E-state index in [0.29, 0.717) is 22.4 Å². The molecule has 4 atom stereocenters. The van der Waals surface area contributed by atoms with E-state index in [0.717, 1.165) is 12.3 Å². The summed E-state index contributed by atoms with van der Waals surface area (Å²) in [7, 11) is 0. The number of rotatable bonds is 2. The molecule has 2 fully saturated rings. The molecular weight excluding hydrogens is 239 g/mol. The van der Waals surface area contributed by atoms with E-state index in [1.54, 1.807) is 6.07 Å². The minimum atomic E-state index is -0.529. The molecule has 1 nitrogen and oxygen atoms in total. The van der Waals surface area contributed by atoms with E-state index < -0.39 is 6.10 Å². The monoisotopic (exact) mass is 254 g/mol. The molecule has 3 rings (SSSR count). The molecule has 2 bridgehead atoms. The predicted molar refractivity (Wildman–Crippen MR) is 65.3 cm³/mol. The Labute approximate surface area is 106 Å². The minimum absolute atomic E-state index is 0.316. The second kappa shape index (κ2) is 4.25. The van der Waals surface area contributed by atoms with Crippen LogP contribution < -0.4 is 0 Å². The van der Waals surface area contributed by atoms with Crippen LogP contribution in [0.4, 0.5) is 4.39 Å². The van der Waals surface area contributed by atoms with Crippen LogP contribution in [-0.4, -0.2) is 5.11 Å². The lowest BCUT2D eigenvalue weighted by Crippen LogP contribution is -2.19. The molecule has 2 aliphatic carbocycles. The standard InChI is InChI=1S/C14H16ClFO/c15-13-7-10(16)3-4-11(13)14(17)12-6-8-1-2-9(12)5-8/h3-4,7-9,12,14,17H,1-2,5-6H2. The van der Waals surface area contributed by atoms with Crippen molar-refractivity contribution in [2.24, 2.45) is 17.8 Å². The van der Waals surface area contributed by atoms with Crippen molar-refractivity contribution in [3.05, 3.63) is 34.6 Å². The van der Waals surface area contributed by atoms with Gasteiger partial charge in [0.2, 0.25) is 0 Å². The SMILES string of the molecule is OC(c1ccc(F)cc1Cl)C1CC2CCC1C2. The molecule has 0 amide bonds. The summed E-state index contributed by atoms with van der Waals surface area (Å²) in [6.07, 6.45) is 4.36. The normalized spacial score (nSPS) is 33.0. The highest BCUT2D eigenvalue weighted by molar-refractivity contribution is 6.31. The molecular formula is C14H16ClFO. The van der Waals surface area contributed by atoms with Gasteiger partial charge in [-0.15, -0.1) is 0 Å². The van der Waals surface area contributed by atoms with Crippen LogP contribution >= 0.6 is 11.6 Å². The zero-order valence-corrected chi connectivity index (χ0v) is 10.3. The van der Waals surface area contributed by atoms with E-state index in [-0.39, 0.29) is 5.82 Å². The van der Waals surface area contributed by atoms with Crippen molar-refractivity contribution in [1.29, 1.82) is 0 Å². The Kier molecular flexibility index (Phi) is 2.87. The fourth-order valence-electron chi connectivity index (χ4n) is 3.65. The number of benzene rings is 1. The summed E-state index contributed by atoms with van der Waals surface area (Å²) in [6, 6.07) is 4.28. The number of hydrogen-bond acceptors (Lipinski definition) is 1. The van der Waals surface area contributed by atoms with Gasteiger partial charge in [0.05, 0.1) is 6.10 Å². The van der Waals surface area contributed by atoms with Crippen LogP contribution in [-0.2, 0) is 0 Å². The largest absolute Gasteiger partial charge is 0.388 e. The second-order valence-electron chi connectivity index (χ2n) is 5.45. The van der Waals surface area contributed by atoms with E-state index in [9.17, 15) is 9.50 Å². The maximum Gasteiger partial charge on any atom is 0.124 e. The van der Waals surface area contributed by atoms with Crippen LogP contribution in [0.1, 0.15) is 37.4 Å². The average Bonchev–Trinajstić information content (AvgIpc) is 2.89. The van der Waals surface area contributed by atoms with Gasteiger partial charge < -0.3 is 5.11 Å². The van der Waals surface area contributed by atoms with Crippen molar-refractivity contribution >= 4 is 11.6 Å². The number of aliphatic hydroxyl groups is 1. The molecule has 2 saturated carbocycles.